The SMILES string of the molecule is c1ccc(CN2CCC(Oc3nccnc3N3CCc4ccccc43)C2)nc1. The molecular weight excluding hydrogens is 350 g/mol. The summed E-state index contributed by atoms with van der Waals surface area (Å²) in [6.45, 7) is 3.64. The van der Waals surface area contributed by atoms with Crippen LogP contribution in [0.3, 0.4) is 0 Å². The predicted octanol–water partition coefficient (Wildman–Crippen LogP) is 3.22. The summed E-state index contributed by atoms with van der Waals surface area (Å²) in [6, 6.07) is 14.5. The summed E-state index contributed by atoms with van der Waals surface area (Å²) >= 11 is 0. The van der Waals surface area contributed by atoms with Gasteiger partial charge >= 0.3 is 0 Å². The zero-order valence-corrected chi connectivity index (χ0v) is 15.7. The minimum Gasteiger partial charge on any atom is -0.470 e. The Morgan fingerprint density at radius 2 is 1.82 bits per heavy atom. The second-order valence-corrected chi connectivity index (χ2v) is 7.30. The molecule has 1 saturated heterocycles. The molecule has 0 bridgehead atoms. The highest BCUT2D eigenvalue weighted by atomic mass is 16.5. The van der Waals surface area contributed by atoms with E-state index in [0.29, 0.717) is 5.88 Å². The van der Waals surface area contributed by atoms with Crippen molar-refractivity contribution in [2.24, 2.45) is 0 Å². The molecule has 6 heteroatoms. The number of nitrogens with zero attached hydrogens (tertiary/aromatic N) is 5. The molecule has 2 aromatic heterocycles. The van der Waals surface area contributed by atoms with Gasteiger partial charge in [-0.15, -0.1) is 0 Å². The van der Waals surface area contributed by atoms with Crippen molar-refractivity contribution in [3.8, 4) is 5.88 Å². The first-order valence-electron chi connectivity index (χ1n) is 9.82. The number of aromatic nitrogens is 3. The molecule has 2 aliphatic heterocycles. The number of hydrogen-bond donors (Lipinski definition) is 0. The van der Waals surface area contributed by atoms with Gasteiger partial charge in [0.1, 0.15) is 6.10 Å². The van der Waals surface area contributed by atoms with Crippen molar-refractivity contribution in [1.29, 1.82) is 0 Å². The van der Waals surface area contributed by atoms with Gasteiger partial charge in [-0.05, 0) is 36.6 Å². The first-order chi connectivity index (χ1) is 13.9. The van der Waals surface area contributed by atoms with Crippen molar-refractivity contribution in [1.82, 2.24) is 19.9 Å². The Hall–Kier alpha value is -2.99. The van der Waals surface area contributed by atoms with E-state index in [9.17, 15) is 0 Å². The second-order valence-electron chi connectivity index (χ2n) is 7.30. The van der Waals surface area contributed by atoms with Gasteiger partial charge < -0.3 is 9.64 Å². The lowest BCUT2D eigenvalue weighted by atomic mass is 10.2. The quantitative estimate of drug-likeness (QED) is 0.684. The predicted molar refractivity (Wildman–Crippen MR) is 108 cm³/mol. The number of hydrogen-bond acceptors (Lipinski definition) is 6. The Labute approximate surface area is 164 Å². The summed E-state index contributed by atoms with van der Waals surface area (Å²) in [5.41, 5.74) is 3.65. The van der Waals surface area contributed by atoms with Crippen molar-refractivity contribution in [3.63, 3.8) is 0 Å². The molecule has 1 unspecified atom stereocenters. The summed E-state index contributed by atoms with van der Waals surface area (Å²) in [5, 5.41) is 0. The summed E-state index contributed by atoms with van der Waals surface area (Å²) in [4.78, 5) is 18.1. The third-order valence-corrected chi connectivity index (χ3v) is 5.41. The van der Waals surface area contributed by atoms with Gasteiger partial charge in [0.2, 0.25) is 0 Å². The molecule has 142 valence electrons. The van der Waals surface area contributed by atoms with E-state index in [2.05, 4.69) is 55.1 Å². The van der Waals surface area contributed by atoms with Crippen molar-refractivity contribution >= 4 is 11.5 Å². The molecule has 1 aromatic carbocycles. The standard InChI is InChI=1S/C22H23N5O/c1-2-7-20-17(5-1)8-14-27(20)21-22(25-12-11-24-21)28-19-9-13-26(16-19)15-18-6-3-4-10-23-18/h1-7,10-12,19H,8-9,13-16H2. The largest absolute Gasteiger partial charge is 0.470 e. The van der Waals surface area contributed by atoms with E-state index in [1.54, 1.807) is 12.4 Å². The number of ether oxygens (including phenoxy) is 1. The summed E-state index contributed by atoms with van der Waals surface area (Å²) < 4.78 is 6.32. The molecule has 28 heavy (non-hydrogen) atoms. The molecule has 2 aliphatic rings. The number of para-hydroxylation sites is 1. The van der Waals surface area contributed by atoms with Gasteiger partial charge in [-0.2, -0.15) is 0 Å². The van der Waals surface area contributed by atoms with E-state index >= 15 is 0 Å². The van der Waals surface area contributed by atoms with Gasteiger partial charge in [0, 0.05) is 50.5 Å². The van der Waals surface area contributed by atoms with Crippen LogP contribution in [-0.2, 0) is 13.0 Å². The van der Waals surface area contributed by atoms with E-state index in [-0.39, 0.29) is 6.10 Å². The Morgan fingerprint density at radius 3 is 2.75 bits per heavy atom. The number of pyridine rings is 1. The van der Waals surface area contributed by atoms with E-state index < -0.39 is 0 Å². The van der Waals surface area contributed by atoms with Gasteiger partial charge in [-0.3, -0.25) is 9.88 Å². The molecule has 1 atom stereocenters. The Kier molecular flexibility index (Phi) is 4.62. The highest BCUT2D eigenvalue weighted by Crippen LogP contribution is 2.37. The van der Waals surface area contributed by atoms with Crippen LogP contribution in [0.5, 0.6) is 5.88 Å². The number of rotatable bonds is 5. The number of anilines is 2. The van der Waals surface area contributed by atoms with Crippen LogP contribution in [0.15, 0.2) is 61.1 Å². The normalized spacial score (nSPS) is 19.0. The second kappa shape index (κ2) is 7.56. The molecule has 0 amide bonds. The first kappa shape index (κ1) is 17.1. The van der Waals surface area contributed by atoms with Crippen LogP contribution in [0, 0.1) is 0 Å². The van der Waals surface area contributed by atoms with Crippen LogP contribution < -0.4 is 9.64 Å². The van der Waals surface area contributed by atoms with E-state index in [1.807, 2.05) is 18.3 Å². The summed E-state index contributed by atoms with van der Waals surface area (Å²) in [6.07, 6.45) is 7.43. The van der Waals surface area contributed by atoms with Crippen LogP contribution in [-0.4, -0.2) is 45.6 Å². The smallest absolute Gasteiger partial charge is 0.258 e. The monoisotopic (exact) mass is 373 g/mol. The lowest BCUT2D eigenvalue weighted by Gasteiger charge is -2.22. The van der Waals surface area contributed by atoms with Crippen molar-refractivity contribution < 1.29 is 4.74 Å². The van der Waals surface area contributed by atoms with Gasteiger partial charge in [-0.1, -0.05) is 24.3 Å². The average Bonchev–Trinajstić information content (AvgIpc) is 3.36. The number of fused-ring (bicyclic) bond motifs is 1. The van der Waals surface area contributed by atoms with Crippen LogP contribution >= 0.6 is 0 Å². The molecule has 1 fully saturated rings. The maximum absolute atomic E-state index is 6.32. The third kappa shape index (κ3) is 3.43. The van der Waals surface area contributed by atoms with Gasteiger partial charge in [0.15, 0.2) is 5.82 Å². The fourth-order valence-electron chi connectivity index (χ4n) is 4.06. The first-order valence-corrected chi connectivity index (χ1v) is 9.82. The fraction of sp³-hybridized carbons (Fsp3) is 0.318. The molecule has 0 saturated carbocycles. The van der Waals surface area contributed by atoms with Gasteiger partial charge in [0.05, 0.1) is 5.69 Å². The number of likely N-dealkylation sites (tertiary alicyclic amines) is 1. The minimum absolute atomic E-state index is 0.122. The molecule has 0 N–H and O–H groups in total. The Bertz CT molecular complexity index is 948. The summed E-state index contributed by atoms with van der Waals surface area (Å²) in [7, 11) is 0. The van der Waals surface area contributed by atoms with Crippen LogP contribution in [0.2, 0.25) is 0 Å². The Morgan fingerprint density at radius 1 is 0.929 bits per heavy atom. The third-order valence-electron chi connectivity index (χ3n) is 5.41. The molecule has 4 heterocycles. The van der Waals surface area contributed by atoms with Crippen molar-refractivity contribution in [2.45, 2.75) is 25.5 Å². The van der Waals surface area contributed by atoms with E-state index in [0.717, 1.165) is 50.5 Å². The van der Waals surface area contributed by atoms with E-state index in [4.69, 9.17) is 4.74 Å². The highest BCUT2D eigenvalue weighted by Gasteiger charge is 2.28. The molecule has 0 spiro atoms. The molecule has 5 rings (SSSR count). The highest BCUT2D eigenvalue weighted by molar-refractivity contribution is 5.70. The average molecular weight is 373 g/mol. The topological polar surface area (TPSA) is 54.4 Å². The Balaban J connectivity index is 1.30. The number of benzene rings is 1. The van der Waals surface area contributed by atoms with Gasteiger partial charge in [-0.25, -0.2) is 9.97 Å². The summed E-state index contributed by atoms with van der Waals surface area (Å²) in [5.74, 6) is 1.44. The van der Waals surface area contributed by atoms with Crippen LogP contribution in [0.4, 0.5) is 11.5 Å². The maximum Gasteiger partial charge on any atom is 0.258 e. The van der Waals surface area contributed by atoms with Crippen LogP contribution in [0.25, 0.3) is 0 Å². The molecular formula is C22H23N5O. The lowest BCUT2D eigenvalue weighted by molar-refractivity contribution is 0.191. The lowest BCUT2D eigenvalue weighted by Crippen LogP contribution is -2.26. The molecule has 3 aromatic rings. The van der Waals surface area contributed by atoms with Crippen molar-refractivity contribution in [2.75, 3.05) is 24.5 Å². The molecule has 0 aliphatic carbocycles. The van der Waals surface area contributed by atoms with Gasteiger partial charge in [0.25, 0.3) is 5.88 Å². The molecule has 6 nitrogen and oxygen atoms in total. The fourth-order valence-corrected chi connectivity index (χ4v) is 4.06. The van der Waals surface area contributed by atoms with Crippen molar-refractivity contribution in [3.05, 3.63) is 72.3 Å². The zero-order valence-electron chi connectivity index (χ0n) is 15.7. The van der Waals surface area contributed by atoms with E-state index in [1.165, 1.54) is 11.3 Å². The zero-order chi connectivity index (χ0) is 18.8. The minimum atomic E-state index is 0.122. The maximum atomic E-state index is 6.32. The van der Waals surface area contributed by atoms with Crippen LogP contribution in [0.1, 0.15) is 17.7 Å². The molecule has 0 radical (unpaired) electrons.